The number of fused-ring (bicyclic) bond motifs is 4. The van der Waals surface area contributed by atoms with E-state index in [-0.39, 0.29) is 52.6 Å². The molecule has 4 saturated heterocycles. The lowest BCUT2D eigenvalue weighted by Gasteiger charge is -2.64. The van der Waals surface area contributed by atoms with Crippen LogP contribution in [-0.4, -0.2) is 98.2 Å². The van der Waals surface area contributed by atoms with Crippen LogP contribution in [0.2, 0.25) is 0 Å². The molecule has 8 heteroatoms. The first-order chi connectivity index (χ1) is 21.8. The van der Waals surface area contributed by atoms with Crippen molar-refractivity contribution in [2.24, 2.45) is 50.7 Å². The summed E-state index contributed by atoms with van der Waals surface area (Å²) >= 11 is 0. The van der Waals surface area contributed by atoms with E-state index in [2.05, 4.69) is 53.4 Å². The van der Waals surface area contributed by atoms with E-state index in [1.54, 1.807) is 0 Å². The van der Waals surface area contributed by atoms with Crippen molar-refractivity contribution in [3.05, 3.63) is 0 Å². The average molecular weight is 644 g/mol. The van der Waals surface area contributed by atoms with Gasteiger partial charge in [0.15, 0.2) is 6.29 Å². The van der Waals surface area contributed by atoms with Crippen LogP contribution in [0.1, 0.15) is 99.8 Å². The summed E-state index contributed by atoms with van der Waals surface area (Å²) in [6, 6.07) is 0.531. The highest BCUT2D eigenvalue weighted by Gasteiger charge is 2.84. The van der Waals surface area contributed by atoms with Gasteiger partial charge < -0.3 is 33.5 Å². The van der Waals surface area contributed by atoms with Crippen molar-refractivity contribution in [2.45, 2.75) is 148 Å². The van der Waals surface area contributed by atoms with Gasteiger partial charge in [0, 0.05) is 12.0 Å². The normalized spacial score (nSPS) is 57.4. The molecule has 14 atom stereocenters. The van der Waals surface area contributed by atoms with Crippen LogP contribution in [0.4, 0.5) is 0 Å². The first kappa shape index (κ1) is 31.6. The molecule has 260 valence electrons. The zero-order valence-corrected chi connectivity index (χ0v) is 29.6. The zero-order chi connectivity index (χ0) is 32.1. The minimum atomic E-state index is -0.449. The van der Waals surface area contributed by atoms with Gasteiger partial charge in [-0.15, -0.1) is 0 Å². The lowest BCUT2D eigenvalue weighted by atomic mass is 9.41. The molecule has 5 aliphatic carbocycles. The van der Waals surface area contributed by atoms with Gasteiger partial charge >= 0.3 is 0 Å². The minimum Gasteiger partial charge on any atom is -0.390 e. The van der Waals surface area contributed by atoms with Gasteiger partial charge in [-0.1, -0.05) is 34.6 Å². The highest BCUT2D eigenvalue weighted by atomic mass is 16.7. The Balaban J connectivity index is 0.956. The topological polar surface area (TPSA) is 78.9 Å². The van der Waals surface area contributed by atoms with Gasteiger partial charge in [-0.2, -0.15) is 0 Å². The number of hydrogen-bond donors (Lipinski definition) is 1. The molecule has 46 heavy (non-hydrogen) atoms. The van der Waals surface area contributed by atoms with Gasteiger partial charge in [0.2, 0.25) is 0 Å². The van der Waals surface area contributed by atoms with Crippen molar-refractivity contribution in [3.63, 3.8) is 0 Å². The molecule has 0 aromatic rings. The van der Waals surface area contributed by atoms with Crippen LogP contribution in [0.5, 0.6) is 0 Å². The molecule has 9 rings (SSSR count). The van der Waals surface area contributed by atoms with E-state index in [1.807, 2.05) is 0 Å². The Morgan fingerprint density at radius 1 is 0.891 bits per heavy atom. The average Bonchev–Trinajstić information content (AvgIpc) is 3.45. The molecule has 0 amide bonds. The van der Waals surface area contributed by atoms with Gasteiger partial charge in [0.05, 0.1) is 62.4 Å². The van der Waals surface area contributed by atoms with Crippen LogP contribution in [0.25, 0.3) is 0 Å². The standard InChI is InChI=1S/C38H61NO7/c1-22-16-24(32-34(4,5)44-21-43-32)45-30-29(22)35(6)12-13-38-20-37(38)11-10-27(46-28-17-39(14-15-42-28)23-18-41-19-23)33(2,3)25(37)8-9-26(38)36(35,7)31(30)40/h22-32,40H,8-21H2,1-7H3/t22-,24?,25+,26?,27?,28+,29+,30?,31+,32+,35-,36-,37-,38+/m1/s1. The first-order valence-electron chi connectivity index (χ1n) is 19.0. The van der Waals surface area contributed by atoms with Gasteiger partial charge in [-0.25, -0.2) is 0 Å². The van der Waals surface area contributed by atoms with Crippen LogP contribution >= 0.6 is 0 Å². The SMILES string of the molecule is C[C@@H]1CC([C@@H]2OCOC2(C)C)OC2[C@H]1[C@@]1(C)CC[C@@]34C[C@@]35CCC(O[C@H]3CN(C6COC6)CCO3)C(C)(C)[C@@H]5CCC4[C@]1(C)[C@H]2O. The van der Waals surface area contributed by atoms with E-state index < -0.39 is 6.10 Å². The maximum Gasteiger partial charge on any atom is 0.170 e. The predicted molar refractivity (Wildman–Crippen MR) is 172 cm³/mol. The smallest absolute Gasteiger partial charge is 0.170 e. The molecule has 0 aromatic heterocycles. The summed E-state index contributed by atoms with van der Waals surface area (Å²) in [6.07, 6.45) is 9.05. The van der Waals surface area contributed by atoms with Crippen molar-refractivity contribution in [1.82, 2.24) is 4.90 Å². The summed E-state index contributed by atoms with van der Waals surface area (Å²) in [5, 5.41) is 12.6. The number of morpholine rings is 1. The lowest BCUT2D eigenvalue weighted by Crippen LogP contribution is -2.60. The molecule has 1 N–H and O–H groups in total. The molecule has 5 saturated carbocycles. The number of rotatable bonds is 4. The van der Waals surface area contributed by atoms with Crippen molar-refractivity contribution >= 4 is 0 Å². The highest BCUT2D eigenvalue weighted by molar-refractivity contribution is 5.33. The molecule has 2 spiro atoms. The molecule has 9 fully saturated rings. The van der Waals surface area contributed by atoms with Crippen LogP contribution in [0, 0.1) is 50.7 Å². The second kappa shape index (κ2) is 10.1. The predicted octanol–water partition coefficient (Wildman–Crippen LogP) is 5.39. The molecule has 0 aromatic carbocycles. The van der Waals surface area contributed by atoms with Crippen molar-refractivity contribution in [3.8, 4) is 0 Å². The number of hydrogen-bond acceptors (Lipinski definition) is 8. The Bertz CT molecular complexity index is 1220. The molecule has 9 aliphatic rings. The van der Waals surface area contributed by atoms with Gasteiger partial charge in [-0.3, -0.25) is 4.90 Å². The Hall–Kier alpha value is -0.320. The van der Waals surface area contributed by atoms with Crippen molar-refractivity contribution in [2.75, 3.05) is 39.7 Å². The van der Waals surface area contributed by atoms with Gasteiger partial charge in [0.25, 0.3) is 0 Å². The maximum atomic E-state index is 12.6. The van der Waals surface area contributed by atoms with E-state index in [1.165, 1.54) is 38.5 Å². The van der Waals surface area contributed by atoms with E-state index >= 15 is 0 Å². The summed E-state index contributed by atoms with van der Waals surface area (Å²) in [7, 11) is 0. The van der Waals surface area contributed by atoms with E-state index in [0.717, 1.165) is 45.8 Å². The lowest BCUT2D eigenvalue weighted by molar-refractivity contribution is -0.256. The Morgan fingerprint density at radius 2 is 1.65 bits per heavy atom. The molecule has 4 heterocycles. The second-order valence-corrected chi connectivity index (χ2v) is 19.1. The summed E-state index contributed by atoms with van der Waals surface area (Å²) in [4.78, 5) is 2.52. The summed E-state index contributed by atoms with van der Waals surface area (Å²) < 4.78 is 37.7. The summed E-state index contributed by atoms with van der Waals surface area (Å²) in [5.74, 6) is 2.05. The van der Waals surface area contributed by atoms with Crippen LogP contribution in [0.15, 0.2) is 0 Å². The maximum absolute atomic E-state index is 12.6. The first-order valence-corrected chi connectivity index (χ1v) is 19.0. The molecular weight excluding hydrogens is 582 g/mol. The summed E-state index contributed by atoms with van der Waals surface area (Å²) in [5.41, 5.74) is 0.381. The van der Waals surface area contributed by atoms with Crippen LogP contribution in [0.3, 0.4) is 0 Å². The fraction of sp³-hybridized carbons (Fsp3) is 1.00. The zero-order valence-electron chi connectivity index (χ0n) is 29.6. The highest BCUT2D eigenvalue weighted by Crippen LogP contribution is 2.89. The van der Waals surface area contributed by atoms with Crippen LogP contribution < -0.4 is 0 Å². The van der Waals surface area contributed by atoms with Crippen molar-refractivity contribution < 1.29 is 33.5 Å². The summed E-state index contributed by atoms with van der Waals surface area (Å²) in [6.45, 7) is 21.3. The van der Waals surface area contributed by atoms with Gasteiger partial charge in [0.1, 0.15) is 12.9 Å². The van der Waals surface area contributed by atoms with E-state index in [4.69, 9.17) is 28.4 Å². The minimum absolute atomic E-state index is 0.0360. The third kappa shape index (κ3) is 3.91. The third-order valence-corrected chi connectivity index (χ3v) is 17.0. The molecule has 0 radical (unpaired) electrons. The molecule has 0 bridgehead atoms. The molecule has 8 nitrogen and oxygen atoms in total. The Kier molecular flexibility index (Phi) is 6.98. The van der Waals surface area contributed by atoms with Gasteiger partial charge in [-0.05, 0) is 111 Å². The largest absolute Gasteiger partial charge is 0.390 e. The van der Waals surface area contributed by atoms with E-state index in [9.17, 15) is 5.11 Å². The number of aliphatic hydroxyl groups excluding tert-OH is 1. The number of aliphatic hydroxyl groups is 1. The quantitative estimate of drug-likeness (QED) is 0.437. The fourth-order valence-electron chi connectivity index (χ4n) is 14.5. The van der Waals surface area contributed by atoms with Crippen molar-refractivity contribution in [1.29, 1.82) is 0 Å². The molecular formula is C38H61NO7. The van der Waals surface area contributed by atoms with E-state index in [0.29, 0.717) is 47.3 Å². The molecule has 4 unspecified atom stereocenters. The Morgan fingerprint density at radius 3 is 2.37 bits per heavy atom. The third-order valence-electron chi connectivity index (χ3n) is 17.0. The number of ether oxygens (including phenoxy) is 6. The molecule has 4 aliphatic heterocycles. The fourth-order valence-corrected chi connectivity index (χ4v) is 14.5. The Labute approximate surface area is 276 Å². The second-order valence-electron chi connectivity index (χ2n) is 19.1. The van der Waals surface area contributed by atoms with Crippen LogP contribution in [-0.2, 0) is 28.4 Å². The monoisotopic (exact) mass is 643 g/mol. The number of nitrogens with zero attached hydrogens (tertiary/aromatic N) is 1.